The van der Waals surface area contributed by atoms with E-state index in [1.165, 1.54) is 0 Å². The maximum atomic E-state index is 12.8. The zero-order valence-corrected chi connectivity index (χ0v) is 14.2. The van der Waals surface area contributed by atoms with E-state index >= 15 is 0 Å². The van der Waals surface area contributed by atoms with Crippen LogP contribution in [0.25, 0.3) is 0 Å². The van der Waals surface area contributed by atoms with Crippen molar-refractivity contribution in [1.29, 1.82) is 5.26 Å². The van der Waals surface area contributed by atoms with Gasteiger partial charge in [-0.2, -0.15) is 5.26 Å². The Morgan fingerprint density at radius 3 is 2.56 bits per heavy atom. The molecule has 3 amide bonds. The standard InChI is InChI=1S/C18H18N4O3/c1-11(2)14-9-20-15(25-14)10-22-16(23)18(3,21-17(22)24)13-6-4-12(8-19)5-7-13/h4-7,9,11H,10H2,1-3H3,(H,21,24). The lowest BCUT2D eigenvalue weighted by Crippen LogP contribution is -2.40. The second-order valence-corrected chi connectivity index (χ2v) is 6.45. The van der Waals surface area contributed by atoms with Crippen LogP contribution in [0.5, 0.6) is 0 Å². The van der Waals surface area contributed by atoms with Gasteiger partial charge in [-0.05, 0) is 24.6 Å². The molecule has 1 aliphatic rings. The molecule has 1 fully saturated rings. The van der Waals surface area contributed by atoms with E-state index in [4.69, 9.17) is 9.68 Å². The van der Waals surface area contributed by atoms with Crippen LogP contribution in [0.2, 0.25) is 0 Å². The van der Waals surface area contributed by atoms with Crippen LogP contribution in [0, 0.1) is 11.3 Å². The van der Waals surface area contributed by atoms with E-state index in [1.54, 1.807) is 37.4 Å². The predicted molar refractivity (Wildman–Crippen MR) is 88.2 cm³/mol. The number of carbonyl (C=O) groups excluding carboxylic acids is 2. The summed E-state index contributed by atoms with van der Waals surface area (Å²) < 4.78 is 5.59. The lowest BCUT2D eigenvalue weighted by molar-refractivity contribution is -0.131. The Labute approximate surface area is 145 Å². The molecule has 2 aromatic rings. The highest BCUT2D eigenvalue weighted by atomic mass is 16.4. The zero-order valence-electron chi connectivity index (χ0n) is 14.2. The van der Waals surface area contributed by atoms with Crippen LogP contribution < -0.4 is 5.32 Å². The number of amides is 3. The van der Waals surface area contributed by atoms with Crippen LogP contribution in [0.3, 0.4) is 0 Å². The van der Waals surface area contributed by atoms with Gasteiger partial charge >= 0.3 is 6.03 Å². The smallest absolute Gasteiger partial charge is 0.325 e. The van der Waals surface area contributed by atoms with Gasteiger partial charge in [-0.25, -0.2) is 9.78 Å². The summed E-state index contributed by atoms with van der Waals surface area (Å²) in [5, 5.41) is 11.6. The van der Waals surface area contributed by atoms with Crippen LogP contribution in [0.1, 0.15) is 49.5 Å². The number of rotatable bonds is 4. The van der Waals surface area contributed by atoms with Crippen molar-refractivity contribution in [3.8, 4) is 6.07 Å². The molecule has 0 aliphatic carbocycles. The minimum absolute atomic E-state index is 0.0245. The van der Waals surface area contributed by atoms with Gasteiger partial charge in [0.25, 0.3) is 5.91 Å². The van der Waals surface area contributed by atoms with Crippen molar-refractivity contribution < 1.29 is 14.0 Å². The Morgan fingerprint density at radius 1 is 1.32 bits per heavy atom. The Kier molecular flexibility index (Phi) is 4.05. The highest BCUT2D eigenvalue weighted by Crippen LogP contribution is 2.30. The average Bonchev–Trinajstić information content (AvgIpc) is 3.15. The summed E-state index contributed by atoms with van der Waals surface area (Å²) in [5.74, 6) is 0.813. The number of aromatic nitrogens is 1. The second kappa shape index (κ2) is 6.06. The summed E-state index contributed by atoms with van der Waals surface area (Å²) in [6.07, 6.45) is 1.61. The maximum Gasteiger partial charge on any atom is 0.325 e. The third-order valence-electron chi connectivity index (χ3n) is 4.30. The molecule has 1 aromatic carbocycles. The van der Waals surface area contributed by atoms with E-state index in [1.807, 2.05) is 19.9 Å². The summed E-state index contributed by atoms with van der Waals surface area (Å²) in [6, 6.07) is 8.10. The van der Waals surface area contributed by atoms with E-state index in [0.29, 0.717) is 22.8 Å². The van der Waals surface area contributed by atoms with E-state index in [-0.39, 0.29) is 18.4 Å². The van der Waals surface area contributed by atoms with Crippen LogP contribution >= 0.6 is 0 Å². The van der Waals surface area contributed by atoms with Gasteiger partial charge in [0.05, 0.1) is 17.8 Å². The summed E-state index contributed by atoms with van der Waals surface area (Å²) in [4.78, 5) is 30.4. The van der Waals surface area contributed by atoms with Crippen LogP contribution in [-0.4, -0.2) is 21.8 Å². The molecule has 128 valence electrons. The Morgan fingerprint density at radius 2 is 2.00 bits per heavy atom. The third-order valence-corrected chi connectivity index (χ3v) is 4.30. The molecular formula is C18H18N4O3. The number of carbonyl (C=O) groups is 2. The molecule has 0 radical (unpaired) electrons. The summed E-state index contributed by atoms with van der Waals surface area (Å²) >= 11 is 0. The fourth-order valence-electron chi connectivity index (χ4n) is 2.71. The number of nitrogens with zero attached hydrogens (tertiary/aromatic N) is 3. The van der Waals surface area contributed by atoms with Crippen LogP contribution in [0.4, 0.5) is 4.79 Å². The highest BCUT2D eigenvalue weighted by Gasteiger charge is 2.49. The number of benzene rings is 1. The van der Waals surface area contributed by atoms with Crippen molar-refractivity contribution in [1.82, 2.24) is 15.2 Å². The van der Waals surface area contributed by atoms with E-state index in [9.17, 15) is 9.59 Å². The van der Waals surface area contributed by atoms with Crippen molar-refractivity contribution in [3.05, 3.63) is 53.2 Å². The number of urea groups is 1. The van der Waals surface area contributed by atoms with E-state index < -0.39 is 11.6 Å². The minimum atomic E-state index is -1.18. The molecule has 0 bridgehead atoms. The molecule has 7 heteroatoms. The van der Waals surface area contributed by atoms with Crippen LogP contribution in [-0.2, 0) is 16.9 Å². The molecule has 1 unspecified atom stereocenters. The molecule has 1 aromatic heterocycles. The first-order valence-electron chi connectivity index (χ1n) is 7.94. The molecule has 1 N–H and O–H groups in total. The molecule has 1 atom stereocenters. The van der Waals surface area contributed by atoms with Crippen molar-refractivity contribution in [2.45, 2.75) is 38.8 Å². The van der Waals surface area contributed by atoms with Gasteiger partial charge in [0.1, 0.15) is 17.8 Å². The summed E-state index contributed by atoms with van der Waals surface area (Å²) in [6.45, 7) is 5.56. The fourth-order valence-corrected chi connectivity index (χ4v) is 2.71. The molecule has 0 saturated carbocycles. The maximum absolute atomic E-state index is 12.8. The van der Waals surface area contributed by atoms with Gasteiger partial charge in [-0.15, -0.1) is 0 Å². The zero-order chi connectivity index (χ0) is 18.2. The summed E-state index contributed by atoms with van der Waals surface area (Å²) in [7, 11) is 0. The molecule has 0 spiro atoms. The monoisotopic (exact) mass is 338 g/mol. The molecular weight excluding hydrogens is 320 g/mol. The van der Waals surface area contributed by atoms with Crippen molar-refractivity contribution in [3.63, 3.8) is 0 Å². The Bertz CT molecular complexity index is 863. The van der Waals surface area contributed by atoms with Gasteiger partial charge in [0, 0.05) is 5.92 Å². The van der Waals surface area contributed by atoms with E-state index in [2.05, 4.69) is 10.3 Å². The number of hydrogen-bond acceptors (Lipinski definition) is 5. The SMILES string of the molecule is CC(C)c1cnc(CN2C(=O)NC(C)(c3ccc(C#N)cc3)C2=O)o1. The number of hydrogen-bond donors (Lipinski definition) is 1. The van der Waals surface area contributed by atoms with Crippen LogP contribution in [0.15, 0.2) is 34.9 Å². The molecule has 3 rings (SSSR count). The van der Waals surface area contributed by atoms with Gasteiger partial charge < -0.3 is 9.73 Å². The minimum Gasteiger partial charge on any atom is -0.443 e. The third kappa shape index (κ3) is 2.87. The highest BCUT2D eigenvalue weighted by molar-refractivity contribution is 6.07. The van der Waals surface area contributed by atoms with Crippen molar-refractivity contribution in [2.24, 2.45) is 0 Å². The predicted octanol–water partition coefficient (Wildman–Crippen LogP) is 2.64. The number of nitrogens with one attached hydrogen (secondary N) is 1. The number of oxazole rings is 1. The lowest BCUT2D eigenvalue weighted by atomic mass is 9.91. The first-order chi connectivity index (χ1) is 11.8. The van der Waals surface area contributed by atoms with Crippen molar-refractivity contribution in [2.75, 3.05) is 0 Å². The first-order valence-corrected chi connectivity index (χ1v) is 7.94. The first kappa shape index (κ1) is 16.7. The molecule has 7 nitrogen and oxygen atoms in total. The molecule has 2 heterocycles. The Balaban J connectivity index is 1.84. The molecule has 1 aliphatic heterocycles. The van der Waals surface area contributed by atoms with Gasteiger partial charge in [-0.3, -0.25) is 9.69 Å². The summed E-state index contributed by atoms with van der Waals surface area (Å²) in [5.41, 5.74) is -0.0805. The lowest BCUT2D eigenvalue weighted by Gasteiger charge is -2.22. The fraction of sp³-hybridized carbons (Fsp3) is 0.333. The van der Waals surface area contributed by atoms with Gasteiger partial charge in [-0.1, -0.05) is 26.0 Å². The van der Waals surface area contributed by atoms with Gasteiger partial charge in [0.15, 0.2) is 0 Å². The quantitative estimate of drug-likeness (QED) is 0.864. The Hall–Kier alpha value is -3.14. The largest absolute Gasteiger partial charge is 0.443 e. The number of nitriles is 1. The average molecular weight is 338 g/mol. The van der Waals surface area contributed by atoms with Gasteiger partial charge in [0.2, 0.25) is 5.89 Å². The second-order valence-electron chi connectivity index (χ2n) is 6.45. The van der Waals surface area contributed by atoms with Crippen molar-refractivity contribution >= 4 is 11.9 Å². The number of imide groups is 1. The molecule has 25 heavy (non-hydrogen) atoms. The molecule has 1 saturated heterocycles. The topological polar surface area (TPSA) is 99.2 Å². The normalized spacial score (nSPS) is 20.0. The van der Waals surface area contributed by atoms with E-state index in [0.717, 1.165) is 4.90 Å².